The number of hydrogen-bond acceptors (Lipinski definition) is 8. The molecule has 2 unspecified atom stereocenters. The number of benzene rings is 1. The first kappa shape index (κ1) is 21.2. The van der Waals surface area contributed by atoms with Crippen LogP contribution in [0.15, 0.2) is 21.7 Å². The summed E-state index contributed by atoms with van der Waals surface area (Å²) in [6.45, 7) is 1.70. The topological polar surface area (TPSA) is 130 Å². The first-order valence-electron chi connectivity index (χ1n) is 10.0. The predicted molar refractivity (Wildman–Crippen MR) is 117 cm³/mol. The molecule has 0 saturated carbocycles. The number of aromatic nitrogens is 3. The van der Waals surface area contributed by atoms with E-state index >= 15 is 0 Å². The molecule has 2 aromatic heterocycles. The van der Waals surface area contributed by atoms with Crippen LogP contribution in [0.1, 0.15) is 33.3 Å². The molecule has 10 nitrogen and oxygen atoms in total. The number of halogens is 1. The summed E-state index contributed by atoms with van der Waals surface area (Å²) >= 11 is 6.42. The van der Waals surface area contributed by atoms with Gasteiger partial charge in [0, 0.05) is 24.6 Å². The standard InChI is InChI=1S/C22H18ClN3O7/c1-8-5-11-9(6-10-19(24-11)26(2)21(30)25-20(10)29)17(27)22(8)18(28)14-12(31-3)7-13(32-4)15(23)16(14)33-22/h6-8H,5H2,1-4H3,(H,25,29,30). The number of aromatic amines is 1. The van der Waals surface area contributed by atoms with Crippen molar-refractivity contribution in [1.82, 2.24) is 14.5 Å². The summed E-state index contributed by atoms with van der Waals surface area (Å²) < 4.78 is 17.9. The second-order valence-electron chi connectivity index (χ2n) is 8.07. The molecule has 33 heavy (non-hydrogen) atoms. The summed E-state index contributed by atoms with van der Waals surface area (Å²) in [4.78, 5) is 58.5. The first-order valence-corrected chi connectivity index (χ1v) is 10.4. The average Bonchev–Trinajstić information content (AvgIpc) is 3.11. The highest BCUT2D eigenvalue weighted by Crippen LogP contribution is 2.53. The Bertz CT molecular complexity index is 1520. The molecule has 2 atom stereocenters. The highest BCUT2D eigenvalue weighted by Gasteiger charge is 2.62. The third kappa shape index (κ3) is 2.58. The smallest absolute Gasteiger partial charge is 0.329 e. The van der Waals surface area contributed by atoms with Crippen LogP contribution in [0.25, 0.3) is 11.0 Å². The van der Waals surface area contributed by atoms with Gasteiger partial charge in [0.1, 0.15) is 27.7 Å². The number of Topliss-reactive ketones (excluding diaryl/α,β-unsaturated/α-hetero) is 2. The number of carbonyl (C=O) groups excluding carboxylic acids is 2. The molecule has 1 aromatic carbocycles. The van der Waals surface area contributed by atoms with Crippen LogP contribution in [0, 0.1) is 5.92 Å². The molecular weight excluding hydrogens is 454 g/mol. The number of hydrogen-bond donors (Lipinski definition) is 1. The summed E-state index contributed by atoms with van der Waals surface area (Å²) in [5.74, 6) is -1.45. The lowest BCUT2D eigenvalue weighted by Crippen LogP contribution is -2.56. The molecule has 2 aliphatic rings. The van der Waals surface area contributed by atoms with Gasteiger partial charge in [-0.2, -0.15) is 0 Å². The number of nitrogens with one attached hydrogen (secondary N) is 1. The minimum atomic E-state index is -1.90. The number of H-pyrrole nitrogens is 1. The van der Waals surface area contributed by atoms with Crippen LogP contribution in [0.5, 0.6) is 17.2 Å². The Morgan fingerprint density at radius 2 is 1.85 bits per heavy atom. The third-order valence-electron chi connectivity index (χ3n) is 6.36. The molecule has 0 saturated heterocycles. The number of ketones is 2. The van der Waals surface area contributed by atoms with Crippen molar-refractivity contribution < 1.29 is 23.8 Å². The lowest BCUT2D eigenvalue weighted by atomic mass is 9.71. The van der Waals surface area contributed by atoms with Gasteiger partial charge in [0.2, 0.25) is 17.2 Å². The number of carbonyl (C=O) groups is 2. The number of aryl methyl sites for hydroxylation is 1. The predicted octanol–water partition coefficient (Wildman–Crippen LogP) is 1.68. The van der Waals surface area contributed by atoms with Crippen molar-refractivity contribution in [3.63, 3.8) is 0 Å². The van der Waals surface area contributed by atoms with E-state index in [1.165, 1.54) is 38.0 Å². The van der Waals surface area contributed by atoms with Gasteiger partial charge in [-0.1, -0.05) is 18.5 Å². The van der Waals surface area contributed by atoms with Crippen LogP contribution in [0.4, 0.5) is 0 Å². The number of methoxy groups -OCH3 is 2. The van der Waals surface area contributed by atoms with Crippen molar-refractivity contribution in [3.05, 3.63) is 54.8 Å². The van der Waals surface area contributed by atoms with E-state index in [4.69, 9.17) is 25.8 Å². The van der Waals surface area contributed by atoms with Gasteiger partial charge >= 0.3 is 5.69 Å². The Hall–Kier alpha value is -3.66. The molecule has 0 fully saturated rings. The molecular formula is C22H18ClN3O7. The summed E-state index contributed by atoms with van der Waals surface area (Å²) in [6.07, 6.45) is 0.189. The Balaban J connectivity index is 1.75. The Kier molecular flexibility index (Phi) is 4.44. The van der Waals surface area contributed by atoms with E-state index in [9.17, 15) is 19.2 Å². The summed E-state index contributed by atoms with van der Waals surface area (Å²) in [7, 11) is 4.26. The monoisotopic (exact) mass is 471 g/mol. The van der Waals surface area contributed by atoms with Crippen molar-refractivity contribution in [1.29, 1.82) is 0 Å². The maximum absolute atomic E-state index is 13.8. The lowest BCUT2D eigenvalue weighted by Gasteiger charge is -2.36. The normalized spacial score (nSPS) is 21.2. The summed E-state index contributed by atoms with van der Waals surface area (Å²) in [6, 6.07) is 2.81. The number of rotatable bonds is 2. The van der Waals surface area contributed by atoms with Crippen LogP contribution < -0.4 is 25.5 Å². The Morgan fingerprint density at radius 1 is 1.15 bits per heavy atom. The van der Waals surface area contributed by atoms with E-state index in [0.29, 0.717) is 5.69 Å². The molecule has 5 rings (SSSR count). The zero-order valence-corrected chi connectivity index (χ0v) is 18.8. The second kappa shape index (κ2) is 6.92. The van der Waals surface area contributed by atoms with Crippen molar-refractivity contribution in [2.45, 2.75) is 18.9 Å². The van der Waals surface area contributed by atoms with Crippen LogP contribution in [-0.4, -0.2) is 45.9 Å². The Labute approximate surface area is 191 Å². The van der Waals surface area contributed by atoms with E-state index in [1.807, 2.05) is 0 Å². The second-order valence-corrected chi connectivity index (χ2v) is 8.45. The molecule has 0 amide bonds. The van der Waals surface area contributed by atoms with Gasteiger partial charge in [-0.3, -0.25) is 23.9 Å². The van der Waals surface area contributed by atoms with Gasteiger partial charge in [-0.05, 0) is 12.5 Å². The summed E-state index contributed by atoms with van der Waals surface area (Å²) in [5.41, 5.74) is -2.55. The van der Waals surface area contributed by atoms with Gasteiger partial charge < -0.3 is 14.2 Å². The fourth-order valence-corrected chi connectivity index (χ4v) is 4.86. The van der Waals surface area contributed by atoms with Crippen LogP contribution >= 0.6 is 11.6 Å². The molecule has 1 N–H and O–H groups in total. The Morgan fingerprint density at radius 3 is 2.52 bits per heavy atom. The van der Waals surface area contributed by atoms with Crippen molar-refractivity contribution in [2.24, 2.45) is 13.0 Å². The van der Waals surface area contributed by atoms with Crippen molar-refractivity contribution in [3.8, 4) is 17.2 Å². The largest absolute Gasteiger partial charge is 0.496 e. The maximum Gasteiger partial charge on any atom is 0.329 e. The molecule has 0 bridgehead atoms. The molecule has 1 spiro atoms. The fraction of sp³-hybridized carbons (Fsp3) is 0.318. The maximum atomic E-state index is 13.8. The molecule has 3 aromatic rings. The zero-order valence-electron chi connectivity index (χ0n) is 18.1. The van der Waals surface area contributed by atoms with Gasteiger partial charge in [0.15, 0.2) is 5.75 Å². The van der Waals surface area contributed by atoms with E-state index in [1.54, 1.807) is 6.92 Å². The van der Waals surface area contributed by atoms with E-state index in [2.05, 4.69) is 9.97 Å². The highest BCUT2D eigenvalue weighted by molar-refractivity contribution is 6.36. The van der Waals surface area contributed by atoms with Crippen LogP contribution in [-0.2, 0) is 13.5 Å². The van der Waals surface area contributed by atoms with Gasteiger partial charge in [0.25, 0.3) is 5.56 Å². The zero-order chi connectivity index (χ0) is 23.8. The number of fused-ring (bicyclic) bond motifs is 3. The quantitative estimate of drug-likeness (QED) is 0.559. The number of nitrogens with zero attached hydrogens (tertiary/aromatic N) is 2. The molecule has 0 radical (unpaired) electrons. The average molecular weight is 472 g/mol. The first-order chi connectivity index (χ1) is 15.6. The van der Waals surface area contributed by atoms with E-state index in [-0.39, 0.29) is 50.9 Å². The molecule has 1 aliphatic heterocycles. The number of ether oxygens (including phenoxy) is 3. The van der Waals surface area contributed by atoms with Crippen LogP contribution in [0.3, 0.4) is 0 Å². The van der Waals surface area contributed by atoms with E-state index < -0.39 is 34.3 Å². The molecule has 11 heteroatoms. The minimum absolute atomic E-state index is 0.00973. The van der Waals surface area contributed by atoms with E-state index in [0.717, 1.165) is 0 Å². The fourth-order valence-electron chi connectivity index (χ4n) is 4.59. The SMILES string of the molecule is COc1cc(OC)c2c(c1Cl)OC1(C(=O)c3cc4c(=O)[nH]c(=O)n(C)c4nc3CC1C)C2=O. The lowest BCUT2D eigenvalue weighted by molar-refractivity contribution is 0.0257. The van der Waals surface area contributed by atoms with Crippen molar-refractivity contribution in [2.75, 3.05) is 14.2 Å². The van der Waals surface area contributed by atoms with Gasteiger partial charge in [0.05, 0.1) is 25.3 Å². The van der Waals surface area contributed by atoms with Crippen molar-refractivity contribution >= 4 is 34.2 Å². The summed E-state index contributed by atoms with van der Waals surface area (Å²) in [5, 5.41) is 0.0987. The van der Waals surface area contributed by atoms with Gasteiger partial charge in [-0.25, -0.2) is 9.78 Å². The highest BCUT2D eigenvalue weighted by atomic mass is 35.5. The molecule has 1 aliphatic carbocycles. The third-order valence-corrected chi connectivity index (χ3v) is 6.72. The molecule has 3 heterocycles. The number of pyridine rings is 1. The van der Waals surface area contributed by atoms with Gasteiger partial charge in [-0.15, -0.1) is 0 Å². The minimum Gasteiger partial charge on any atom is -0.496 e. The van der Waals surface area contributed by atoms with Crippen LogP contribution in [0.2, 0.25) is 5.02 Å². The molecule has 170 valence electrons.